The second kappa shape index (κ2) is 8.15. The fourth-order valence-corrected chi connectivity index (χ4v) is 3.53. The molecular formula is C21H27N3O. The smallest absolute Gasteiger partial charge is 0.253 e. The fraction of sp³-hybridized carbons (Fsp3) is 0.429. The Labute approximate surface area is 150 Å². The van der Waals surface area contributed by atoms with Crippen LogP contribution in [0.1, 0.15) is 54.9 Å². The van der Waals surface area contributed by atoms with Gasteiger partial charge < -0.3 is 10.2 Å². The Bertz CT molecular complexity index is 723. The number of hydrogen-bond donors (Lipinski definition) is 1. The molecule has 1 fully saturated rings. The van der Waals surface area contributed by atoms with E-state index in [1.165, 1.54) is 24.8 Å². The molecule has 1 aromatic carbocycles. The van der Waals surface area contributed by atoms with Crippen molar-refractivity contribution in [2.45, 2.75) is 52.0 Å². The summed E-state index contributed by atoms with van der Waals surface area (Å²) in [6, 6.07) is 10.6. The average Bonchev–Trinajstić information content (AvgIpc) is 2.63. The predicted molar refractivity (Wildman–Crippen MR) is 102 cm³/mol. The first-order valence-corrected chi connectivity index (χ1v) is 9.27. The SMILES string of the molecule is CCN(c1cccc(C)c1)c1cncc(C(=O)NC2CCCCC2)c1. The number of amides is 1. The van der Waals surface area contributed by atoms with Gasteiger partial charge in [0.25, 0.3) is 5.91 Å². The van der Waals surface area contributed by atoms with Crippen molar-refractivity contribution in [1.29, 1.82) is 0 Å². The first-order valence-electron chi connectivity index (χ1n) is 9.27. The van der Waals surface area contributed by atoms with Crippen molar-refractivity contribution in [3.63, 3.8) is 0 Å². The Kier molecular flexibility index (Phi) is 5.69. The Hall–Kier alpha value is -2.36. The number of carbonyl (C=O) groups excluding carboxylic acids is 1. The van der Waals surface area contributed by atoms with Gasteiger partial charge in [0.1, 0.15) is 0 Å². The second-order valence-electron chi connectivity index (χ2n) is 6.82. The third-order valence-electron chi connectivity index (χ3n) is 4.87. The van der Waals surface area contributed by atoms with E-state index in [-0.39, 0.29) is 5.91 Å². The molecular weight excluding hydrogens is 310 g/mol. The molecule has 0 saturated heterocycles. The molecule has 25 heavy (non-hydrogen) atoms. The van der Waals surface area contributed by atoms with Crippen LogP contribution in [0.3, 0.4) is 0 Å². The second-order valence-corrected chi connectivity index (χ2v) is 6.82. The molecule has 0 unspecified atom stereocenters. The Balaban J connectivity index is 1.78. The van der Waals surface area contributed by atoms with E-state index in [0.29, 0.717) is 11.6 Å². The minimum atomic E-state index is -0.0125. The van der Waals surface area contributed by atoms with E-state index < -0.39 is 0 Å². The standard InChI is InChI=1S/C21H27N3O/c1-3-24(19-11-7-8-16(2)12-19)20-13-17(14-22-15-20)21(25)23-18-9-5-4-6-10-18/h7-8,11-15,18H,3-6,9-10H2,1-2H3,(H,23,25). The van der Waals surface area contributed by atoms with Crippen LogP contribution < -0.4 is 10.2 Å². The molecule has 1 aliphatic rings. The minimum Gasteiger partial charge on any atom is -0.349 e. The lowest BCUT2D eigenvalue weighted by Gasteiger charge is -2.25. The number of rotatable bonds is 5. The van der Waals surface area contributed by atoms with E-state index in [0.717, 1.165) is 30.8 Å². The summed E-state index contributed by atoms with van der Waals surface area (Å²) in [5.74, 6) is -0.0125. The van der Waals surface area contributed by atoms with Crippen LogP contribution in [-0.4, -0.2) is 23.5 Å². The van der Waals surface area contributed by atoms with Gasteiger partial charge >= 0.3 is 0 Å². The van der Waals surface area contributed by atoms with Crippen LogP contribution in [0.2, 0.25) is 0 Å². The molecule has 1 aromatic heterocycles. The highest BCUT2D eigenvalue weighted by molar-refractivity contribution is 5.95. The molecule has 1 saturated carbocycles. The van der Waals surface area contributed by atoms with Crippen LogP contribution in [-0.2, 0) is 0 Å². The molecule has 4 heteroatoms. The Morgan fingerprint density at radius 3 is 2.68 bits per heavy atom. The molecule has 1 N–H and O–H groups in total. The van der Waals surface area contributed by atoms with Crippen LogP contribution in [0, 0.1) is 6.92 Å². The number of benzene rings is 1. The minimum absolute atomic E-state index is 0.0125. The first-order chi connectivity index (χ1) is 12.2. The van der Waals surface area contributed by atoms with Gasteiger partial charge in [0.05, 0.1) is 17.4 Å². The number of anilines is 2. The summed E-state index contributed by atoms with van der Waals surface area (Å²) < 4.78 is 0. The largest absolute Gasteiger partial charge is 0.349 e. The molecule has 3 rings (SSSR count). The Morgan fingerprint density at radius 1 is 1.16 bits per heavy atom. The molecule has 1 aliphatic carbocycles. The number of aryl methyl sites for hydroxylation is 1. The maximum Gasteiger partial charge on any atom is 0.253 e. The summed E-state index contributed by atoms with van der Waals surface area (Å²) in [5, 5.41) is 3.17. The molecule has 0 spiro atoms. The lowest BCUT2D eigenvalue weighted by Crippen LogP contribution is -2.36. The van der Waals surface area contributed by atoms with E-state index >= 15 is 0 Å². The van der Waals surface area contributed by atoms with Crippen LogP contribution in [0.4, 0.5) is 11.4 Å². The predicted octanol–water partition coefficient (Wildman–Crippen LogP) is 4.61. The third-order valence-corrected chi connectivity index (χ3v) is 4.87. The molecule has 0 radical (unpaired) electrons. The van der Waals surface area contributed by atoms with E-state index in [4.69, 9.17) is 0 Å². The number of nitrogens with one attached hydrogen (secondary N) is 1. The van der Waals surface area contributed by atoms with Crippen molar-refractivity contribution < 1.29 is 4.79 Å². The lowest BCUT2D eigenvalue weighted by molar-refractivity contribution is 0.0927. The van der Waals surface area contributed by atoms with Crippen molar-refractivity contribution in [1.82, 2.24) is 10.3 Å². The summed E-state index contributed by atoms with van der Waals surface area (Å²) in [5.41, 5.74) is 3.92. The lowest BCUT2D eigenvalue weighted by atomic mass is 9.95. The number of hydrogen-bond acceptors (Lipinski definition) is 3. The van der Waals surface area contributed by atoms with Crippen LogP contribution in [0.25, 0.3) is 0 Å². The van der Waals surface area contributed by atoms with Crippen molar-refractivity contribution in [2.24, 2.45) is 0 Å². The molecule has 132 valence electrons. The van der Waals surface area contributed by atoms with Crippen LogP contribution >= 0.6 is 0 Å². The van der Waals surface area contributed by atoms with Gasteiger partial charge in [-0.2, -0.15) is 0 Å². The van der Waals surface area contributed by atoms with E-state index in [1.807, 2.05) is 12.3 Å². The summed E-state index contributed by atoms with van der Waals surface area (Å²) in [6.45, 7) is 5.01. The Morgan fingerprint density at radius 2 is 1.96 bits per heavy atom. The van der Waals surface area contributed by atoms with Gasteiger partial charge in [0.15, 0.2) is 0 Å². The summed E-state index contributed by atoms with van der Waals surface area (Å²) in [6.07, 6.45) is 9.35. The van der Waals surface area contributed by atoms with Gasteiger partial charge in [0, 0.05) is 24.5 Å². The van der Waals surface area contributed by atoms with E-state index in [2.05, 4.69) is 53.3 Å². The van der Waals surface area contributed by atoms with Gasteiger partial charge in [-0.3, -0.25) is 9.78 Å². The van der Waals surface area contributed by atoms with Gasteiger partial charge in [-0.05, 0) is 50.5 Å². The third kappa shape index (κ3) is 4.38. The number of pyridine rings is 1. The number of carbonyl (C=O) groups is 1. The molecule has 4 nitrogen and oxygen atoms in total. The molecule has 2 aromatic rings. The van der Waals surface area contributed by atoms with E-state index in [1.54, 1.807) is 6.20 Å². The van der Waals surface area contributed by atoms with Crippen molar-refractivity contribution in [2.75, 3.05) is 11.4 Å². The van der Waals surface area contributed by atoms with E-state index in [9.17, 15) is 4.79 Å². The number of nitrogens with zero attached hydrogens (tertiary/aromatic N) is 2. The van der Waals surface area contributed by atoms with Gasteiger partial charge in [0.2, 0.25) is 0 Å². The molecule has 0 atom stereocenters. The summed E-state index contributed by atoms with van der Waals surface area (Å²) >= 11 is 0. The molecule has 1 amide bonds. The zero-order valence-corrected chi connectivity index (χ0v) is 15.2. The van der Waals surface area contributed by atoms with Gasteiger partial charge in [-0.15, -0.1) is 0 Å². The quantitative estimate of drug-likeness (QED) is 0.866. The highest BCUT2D eigenvalue weighted by Gasteiger charge is 2.18. The normalized spacial score (nSPS) is 15.0. The summed E-state index contributed by atoms with van der Waals surface area (Å²) in [7, 11) is 0. The highest BCUT2D eigenvalue weighted by atomic mass is 16.1. The maximum absolute atomic E-state index is 12.6. The maximum atomic E-state index is 12.6. The summed E-state index contributed by atoms with van der Waals surface area (Å²) in [4.78, 5) is 19.1. The van der Waals surface area contributed by atoms with Gasteiger partial charge in [-0.25, -0.2) is 0 Å². The molecule has 1 heterocycles. The first kappa shape index (κ1) is 17.5. The van der Waals surface area contributed by atoms with Crippen molar-refractivity contribution in [3.8, 4) is 0 Å². The topological polar surface area (TPSA) is 45.2 Å². The average molecular weight is 337 g/mol. The van der Waals surface area contributed by atoms with Crippen LogP contribution in [0.5, 0.6) is 0 Å². The zero-order chi connectivity index (χ0) is 17.6. The monoisotopic (exact) mass is 337 g/mol. The molecule has 0 bridgehead atoms. The number of aromatic nitrogens is 1. The molecule has 0 aliphatic heterocycles. The van der Waals surface area contributed by atoms with Crippen LogP contribution in [0.15, 0.2) is 42.7 Å². The zero-order valence-electron chi connectivity index (χ0n) is 15.2. The van der Waals surface area contributed by atoms with Crippen molar-refractivity contribution in [3.05, 3.63) is 53.9 Å². The van der Waals surface area contributed by atoms with Gasteiger partial charge in [-0.1, -0.05) is 31.4 Å². The fourth-order valence-electron chi connectivity index (χ4n) is 3.53. The highest BCUT2D eigenvalue weighted by Crippen LogP contribution is 2.26. The van der Waals surface area contributed by atoms with Crippen molar-refractivity contribution >= 4 is 17.3 Å².